The largest absolute Gasteiger partial charge is 0.330 e. The van der Waals surface area contributed by atoms with Gasteiger partial charge in [-0.1, -0.05) is 13.8 Å². The molecule has 0 aliphatic rings. The maximum Gasteiger partial charge on any atom is 0.141 e. The van der Waals surface area contributed by atoms with E-state index in [-0.39, 0.29) is 0 Å². The highest BCUT2D eigenvalue weighted by Gasteiger charge is 2.13. The van der Waals surface area contributed by atoms with Gasteiger partial charge in [-0.2, -0.15) is 5.10 Å². The topological polar surface area (TPSA) is 60.0 Å². The van der Waals surface area contributed by atoms with Crippen LogP contribution < -0.4 is 5.73 Å². The smallest absolute Gasteiger partial charge is 0.141 e. The average molecular weight is 239 g/mol. The van der Waals surface area contributed by atoms with Crippen molar-refractivity contribution in [3.8, 4) is 0 Å². The lowest BCUT2D eigenvalue weighted by Gasteiger charge is -2.24. The summed E-state index contributed by atoms with van der Waals surface area (Å²) in [6, 6.07) is 0.476. The van der Waals surface area contributed by atoms with Gasteiger partial charge in [-0.3, -0.25) is 4.90 Å². The van der Waals surface area contributed by atoms with Crippen LogP contribution in [0.4, 0.5) is 0 Å². The Kier molecular flexibility index (Phi) is 5.58. The third-order valence-electron chi connectivity index (χ3n) is 2.96. The van der Waals surface area contributed by atoms with Crippen molar-refractivity contribution in [3.63, 3.8) is 0 Å². The summed E-state index contributed by atoms with van der Waals surface area (Å²) in [6.45, 7) is 9.04. The van der Waals surface area contributed by atoms with Crippen LogP contribution in [0.5, 0.6) is 0 Å². The molecule has 0 radical (unpaired) electrons. The van der Waals surface area contributed by atoms with E-state index in [2.05, 4.69) is 42.8 Å². The minimum Gasteiger partial charge on any atom is -0.330 e. The Balaban J connectivity index is 2.58. The third-order valence-corrected chi connectivity index (χ3v) is 2.96. The van der Waals surface area contributed by atoms with Crippen molar-refractivity contribution in [2.45, 2.75) is 46.3 Å². The fourth-order valence-corrected chi connectivity index (χ4v) is 1.75. The van der Waals surface area contributed by atoms with Crippen LogP contribution in [-0.2, 0) is 13.1 Å². The zero-order chi connectivity index (χ0) is 12.8. The van der Waals surface area contributed by atoms with Gasteiger partial charge in [0.25, 0.3) is 0 Å². The fraction of sp³-hybridized carbons (Fsp3) is 0.833. The first kappa shape index (κ1) is 14.1. The summed E-state index contributed by atoms with van der Waals surface area (Å²) >= 11 is 0. The van der Waals surface area contributed by atoms with Crippen molar-refractivity contribution in [1.82, 2.24) is 19.7 Å². The molecule has 0 aromatic carbocycles. The monoisotopic (exact) mass is 239 g/mol. The highest BCUT2D eigenvalue weighted by atomic mass is 15.3. The van der Waals surface area contributed by atoms with Crippen molar-refractivity contribution in [1.29, 1.82) is 0 Å². The molecule has 1 atom stereocenters. The second-order valence-corrected chi connectivity index (χ2v) is 5.09. The van der Waals surface area contributed by atoms with E-state index in [0.29, 0.717) is 12.0 Å². The quantitative estimate of drug-likeness (QED) is 0.774. The predicted molar refractivity (Wildman–Crippen MR) is 69.5 cm³/mol. The highest BCUT2D eigenvalue weighted by Crippen LogP contribution is 2.07. The lowest BCUT2D eigenvalue weighted by molar-refractivity contribution is 0.229. The Morgan fingerprint density at radius 1 is 1.41 bits per heavy atom. The molecule has 0 saturated carbocycles. The van der Waals surface area contributed by atoms with Gasteiger partial charge < -0.3 is 5.73 Å². The standard InChI is InChI=1S/C12H25N5/c1-10(2)7-17-12(14-9-15-17)8-16(4)11(3)5-6-13/h9-11H,5-8,13H2,1-4H3. The summed E-state index contributed by atoms with van der Waals surface area (Å²) in [7, 11) is 2.11. The molecule has 98 valence electrons. The molecular formula is C12H25N5. The molecule has 0 spiro atoms. The first-order valence-electron chi connectivity index (χ1n) is 6.31. The Morgan fingerprint density at radius 2 is 2.12 bits per heavy atom. The Morgan fingerprint density at radius 3 is 2.71 bits per heavy atom. The predicted octanol–water partition coefficient (Wildman–Crippen LogP) is 1.10. The van der Waals surface area contributed by atoms with E-state index in [1.54, 1.807) is 6.33 Å². The van der Waals surface area contributed by atoms with E-state index in [1.807, 2.05) is 4.68 Å². The molecule has 0 aliphatic heterocycles. The molecule has 5 nitrogen and oxygen atoms in total. The second kappa shape index (κ2) is 6.71. The summed E-state index contributed by atoms with van der Waals surface area (Å²) in [5.74, 6) is 1.62. The van der Waals surface area contributed by atoms with E-state index in [4.69, 9.17) is 5.73 Å². The Labute approximate surface area is 104 Å². The summed E-state index contributed by atoms with van der Waals surface area (Å²) in [5, 5.41) is 4.27. The molecule has 5 heteroatoms. The number of hydrogen-bond acceptors (Lipinski definition) is 4. The minimum absolute atomic E-state index is 0.476. The summed E-state index contributed by atoms with van der Waals surface area (Å²) in [6.07, 6.45) is 2.65. The van der Waals surface area contributed by atoms with Crippen LogP contribution in [-0.4, -0.2) is 39.3 Å². The molecule has 1 aromatic rings. The first-order valence-corrected chi connectivity index (χ1v) is 6.31. The Hall–Kier alpha value is -0.940. The maximum atomic E-state index is 5.58. The fourth-order valence-electron chi connectivity index (χ4n) is 1.75. The second-order valence-electron chi connectivity index (χ2n) is 5.09. The van der Waals surface area contributed by atoms with E-state index in [9.17, 15) is 0 Å². The molecule has 0 bridgehead atoms. The zero-order valence-corrected chi connectivity index (χ0v) is 11.4. The molecule has 0 aliphatic carbocycles. The van der Waals surface area contributed by atoms with Crippen LogP contribution in [0.2, 0.25) is 0 Å². The summed E-state index contributed by atoms with van der Waals surface area (Å²) in [5.41, 5.74) is 5.58. The molecule has 1 rings (SSSR count). The van der Waals surface area contributed by atoms with Crippen molar-refractivity contribution < 1.29 is 0 Å². The van der Waals surface area contributed by atoms with Crippen molar-refractivity contribution in [2.75, 3.05) is 13.6 Å². The van der Waals surface area contributed by atoms with E-state index < -0.39 is 0 Å². The van der Waals surface area contributed by atoms with Gasteiger partial charge in [0.05, 0.1) is 6.54 Å². The molecule has 1 unspecified atom stereocenters. The van der Waals surface area contributed by atoms with Crippen LogP contribution in [0.15, 0.2) is 6.33 Å². The van der Waals surface area contributed by atoms with Gasteiger partial charge in [0.2, 0.25) is 0 Å². The van der Waals surface area contributed by atoms with E-state index in [1.165, 1.54) is 0 Å². The molecule has 1 heterocycles. The lowest BCUT2D eigenvalue weighted by atomic mass is 10.2. The number of nitrogens with two attached hydrogens (primary N) is 1. The van der Waals surface area contributed by atoms with Crippen molar-refractivity contribution in [3.05, 3.63) is 12.2 Å². The first-order chi connectivity index (χ1) is 8.04. The van der Waals surface area contributed by atoms with Gasteiger partial charge in [-0.15, -0.1) is 0 Å². The number of hydrogen-bond donors (Lipinski definition) is 1. The number of rotatable bonds is 7. The normalized spacial score (nSPS) is 13.6. The van der Waals surface area contributed by atoms with Crippen molar-refractivity contribution in [2.24, 2.45) is 11.7 Å². The number of nitrogens with zero attached hydrogens (tertiary/aromatic N) is 4. The molecule has 0 fully saturated rings. The van der Waals surface area contributed by atoms with Crippen LogP contribution in [0, 0.1) is 5.92 Å². The molecule has 17 heavy (non-hydrogen) atoms. The van der Waals surface area contributed by atoms with Crippen LogP contribution >= 0.6 is 0 Å². The van der Waals surface area contributed by atoms with E-state index >= 15 is 0 Å². The van der Waals surface area contributed by atoms with E-state index in [0.717, 1.165) is 31.9 Å². The SMILES string of the molecule is CC(C)Cn1ncnc1CN(C)C(C)CCN. The zero-order valence-electron chi connectivity index (χ0n) is 11.4. The average Bonchev–Trinajstić information content (AvgIpc) is 2.65. The highest BCUT2D eigenvalue weighted by molar-refractivity contribution is 4.85. The van der Waals surface area contributed by atoms with Crippen LogP contribution in [0.1, 0.15) is 33.0 Å². The van der Waals surface area contributed by atoms with Crippen molar-refractivity contribution >= 4 is 0 Å². The Bertz CT molecular complexity index is 320. The van der Waals surface area contributed by atoms with Gasteiger partial charge in [0.1, 0.15) is 12.2 Å². The van der Waals surface area contributed by atoms with Gasteiger partial charge in [-0.25, -0.2) is 9.67 Å². The van der Waals surface area contributed by atoms with Gasteiger partial charge in [0.15, 0.2) is 0 Å². The molecule has 1 aromatic heterocycles. The summed E-state index contributed by atoms with van der Waals surface area (Å²) in [4.78, 5) is 6.60. The molecule has 2 N–H and O–H groups in total. The van der Waals surface area contributed by atoms with Crippen LogP contribution in [0.3, 0.4) is 0 Å². The van der Waals surface area contributed by atoms with Gasteiger partial charge in [0, 0.05) is 12.6 Å². The lowest BCUT2D eigenvalue weighted by Crippen LogP contribution is -2.31. The van der Waals surface area contributed by atoms with Crippen LogP contribution in [0.25, 0.3) is 0 Å². The summed E-state index contributed by atoms with van der Waals surface area (Å²) < 4.78 is 2.00. The van der Waals surface area contributed by atoms with Gasteiger partial charge in [-0.05, 0) is 32.9 Å². The van der Waals surface area contributed by atoms with Gasteiger partial charge >= 0.3 is 0 Å². The minimum atomic E-state index is 0.476. The molecule has 0 saturated heterocycles. The maximum absolute atomic E-state index is 5.58. The molecular weight excluding hydrogens is 214 g/mol. The third kappa shape index (κ3) is 4.44. The number of aromatic nitrogens is 3. The molecule has 0 amide bonds.